The summed E-state index contributed by atoms with van der Waals surface area (Å²) in [5.41, 5.74) is 0.935. The Morgan fingerprint density at radius 1 is 1.27 bits per heavy atom. The molecule has 0 radical (unpaired) electrons. The Balaban J connectivity index is 2.07. The summed E-state index contributed by atoms with van der Waals surface area (Å²) in [7, 11) is 0. The summed E-state index contributed by atoms with van der Waals surface area (Å²) >= 11 is 11.9. The zero-order valence-corrected chi connectivity index (χ0v) is 13.7. The van der Waals surface area contributed by atoms with Gasteiger partial charge in [-0.2, -0.15) is 0 Å². The molecular weight excluding hydrogens is 323 g/mol. The van der Waals surface area contributed by atoms with Crippen molar-refractivity contribution in [3.63, 3.8) is 0 Å². The SMILES string of the molecule is CCC(C)NC(=O)c1cnc(Nc2ccc(Cl)cc2Cl)cn1. The maximum absolute atomic E-state index is 11.9. The lowest BCUT2D eigenvalue weighted by Crippen LogP contribution is -2.32. The van der Waals surface area contributed by atoms with E-state index in [4.69, 9.17) is 23.2 Å². The third kappa shape index (κ3) is 4.32. The molecule has 2 aromatic rings. The van der Waals surface area contributed by atoms with Crippen LogP contribution in [0.5, 0.6) is 0 Å². The Labute approximate surface area is 139 Å². The number of carbonyl (C=O) groups is 1. The van der Waals surface area contributed by atoms with Gasteiger partial charge in [0.25, 0.3) is 5.91 Å². The molecule has 0 aliphatic carbocycles. The molecule has 0 aliphatic heterocycles. The van der Waals surface area contributed by atoms with Gasteiger partial charge in [0.15, 0.2) is 0 Å². The van der Waals surface area contributed by atoms with Gasteiger partial charge in [-0.3, -0.25) is 4.79 Å². The van der Waals surface area contributed by atoms with E-state index in [0.717, 1.165) is 6.42 Å². The van der Waals surface area contributed by atoms with Crippen molar-refractivity contribution in [2.45, 2.75) is 26.3 Å². The van der Waals surface area contributed by atoms with E-state index in [2.05, 4.69) is 20.6 Å². The van der Waals surface area contributed by atoms with E-state index in [9.17, 15) is 4.79 Å². The Morgan fingerprint density at radius 2 is 2.05 bits per heavy atom. The zero-order chi connectivity index (χ0) is 16.1. The van der Waals surface area contributed by atoms with Crippen molar-refractivity contribution in [1.82, 2.24) is 15.3 Å². The Hall–Kier alpha value is -1.85. The fourth-order valence-corrected chi connectivity index (χ4v) is 2.09. The van der Waals surface area contributed by atoms with E-state index >= 15 is 0 Å². The van der Waals surface area contributed by atoms with Crippen LogP contribution in [0.2, 0.25) is 10.0 Å². The van der Waals surface area contributed by atoms with Crippen LogP contribution in [0.3, 0.4) is 0 Å². The third-order valence-electron chi connectivity index (χ3n) is 3.07. The zero-order valence-electron chi connectivity index (χ0n) is 12.2. The summed E-state index contributed by atoms with van der Waals surface area (Å²) in [5.74, 6) is 0.252. The van der Waals surface area contributed by atoms with Gasteiger partial charge in [-0.05, 0) is 31.5 Å². The number of amides is 1. The first-order chi connectivity index (χ1) is 10.5. The molecule has 1 heterocycles. The average Bonchev–Trinajstić information content (AvgIpc) is 2.50. The molecule has 0 aliphatic rings. The van der Waals surface area contributed by atoms with E-state index in [0.29, 0.717) is 21.6 Å². The summed E-state index contributed by atoms with van der Waals surface area (Å²) in [6.07, 6.45) is 3.76. The number of aromatic nitrogens is 2. The number of carbonyl (C=O) groups excluding carboxylic acids is 1. The second kappa shape index (κ2) is 7.42. The average molecular weight is 339 g/mol. The number of rotatable bonds is 5. The summed E-state index contributed by atoms with van der Waals surface area (Å²) in [6, 6.07) is 5.19. The number of nitrogens with zero attached hydrogens (tertiary/aromatic N) is 2. The van der Waals surface area contributed by atoms with Crippen LogP contribution in [0.25, 0.3) is 0 Å². The highest BCUT2D eigenvalue weighted by Crippen LogP contribution is 2.27. The van der Waals surface area contributed by atoms with Gasteiger partial charge < -0.3 is 10.6 Å². The Bertz CT molecular complexity index is 661. The van der Waals surface area contributed by atoms with Crippen LogP contribution >= 0.6 is 23.2 Å². The molecule has 1 atom stereocenters. The number of hydrogen-bond donors (Lipinski definition) is 2. The van der Waals surface area contributed by atoms with Gasteiger partial charge in [0.05, 0.1) is 23.1 Å². The third-order valence-corrected chi connectivity index (χ3v) is 3.62. The first-order valence-corrected chi connectivity index (χ1v) is 7.60. The summed E-state index contributed by atoms with van der Waals surface area (Å²) in [5, 5.41) is 6.89. The summed E-state index contributed by atoms with van der Waals surface area (Å²) < 4.78 is 0. The molecule has 5 nitrogen and oxygen atoms in total. The second-order valence-corrected chi connectivity index (χ2v) is 5.66. The molecule has 116 valence electrons. The fraction of sp³-hybridized carbons (Fsp3) is 0.267. The smallest absolute Gasteiger partial charge is 0.271 e. The molecule has 0 bridgehead atoms. The molecule has 1 aromatic carbocycles. The molecule has 1 aromatic heterocycles. The molecule has 1 unspecified atom stereocenters. The minimum Gasteiger partial charge on any atom is -0.348 e. The fourth-order valence-electron chi connectivity index (χ4n) is 1.64. The second-order valence-electron chi connectivity index (χ2n) is 4.82. The van der Waals surface area contributed by atoms with Crippen molar-refractivity contribution in [2.24, 2.45) is 0 Å². The molecule has 0 saturated heterocycles. The lowest BCUT2D eigenvalue weighted by molar-refractivity contribution is 0.0934. The van der Waals surface area contributed by atoms with Gasteiger partial charge in [0.1, 0.15) is 11.5 Å². The van der Waals surface area contributed by atoms with Crippen molar-refractivity contribution < 1.29 is 4.79 Å². The van der Waals surface area contributed by atoms with E-state index < -0.39 is 0 Å². The highest BCUT2D eigenvalue weighted by molar-refractivity contribution is 6.36. The molecule has 2 rings (SSSR count). The predicted octanol–water partition coefficient (Wildman–Crippen LogP) is 4.06. The van der Waals surface area contributed by atoms with E-state index in [1.165, 1.54) is 12.4 Å². The number of anilines is 2. The van der Waals surface area contributed by atoms with Crippen molar-refractivity contribution in [1.29, 1.82) is 0 Å². The van der Waals surface area contributed by atoms with Crippen LogP contribution in [0.1, 0.15) is 30.8 Å². The number of nitrogens with one attached hydrogen (secondary N) is 2. The van der Waals surface area contributed by atoms with Crippen molar-refractivity contribution in [3.05, 3.63) is 46.3 Å². The maximum Gasteiger partial charge on any atom is 0.271 e. The van der Waals surface area contributed by atoms with E-state index in [1.807, 2.05) is 13.8 Å². The monoisotopic (exact) mass is 338 g/mol. The largest absolute Gasteiger partial charge is 0.348 e. The minimum absolute atomic E-state index is 0.0972. The molecule has 2 N–H and O–H groups in total. The summed E-state index contributed by atoms with van der Waals surface area (Å²) in [4.78, 5) is 20.2. The molecule has 0 spiro atoms. The maximum atomic E-state index is 11.9. The van der Waals surface area contributed by atoms with Crippen LogP contribution < -0.4 is 10.6 Å². The van der Waals surface area contributed by atoms with Gasteiger partial charge >= 0.3 is 0 Å². The minimum atomic E-state index is -0.238. The molecular formula is C15H16Cl2N4O. The number of benzene rings is 1. The lowest BCUT2D eigenvalue weighted by Gasteiger charge is -2.11. The quantitative estimate of drug-likeness (QED) is 0.862. The highest BCUT2D eigenvalue weighted by Gasteiger charge is 2.10. The van der Waals surface area contributed by atoms with E-state index in [-0.39, 0.29) is 17.6 Å². The first kappa shape index (κ1) is 16.5. The number of hydrogen-bond acceptors (Lipinski definition) is 4. The highest BCUT2D eigenvalue weighted by atomic mass is 35.5. The van der Waals surface area contributed by atoms with Crippen LogP contribution in [0.4, 0.5) is 11.5 Å². The van der Waals surface area contributed by atoms with Crippen LogP contribution in [0, 0.1) is 0 Å². The van der Waals surface area contributed by atoms with Gasteiger partial charge in [0.2, 0.25) is 0 Å². The topological polar surface area (TPSA) is 66.9 Å². The van der Waals surface area contributed by atoms with E-state index in [1.54, 1.807) is 18.2 Å². The van der Waals surface area contributed by atoms with Crippen molar-refractivity contribution in [2.75, 3.05) is 5.32 Å². The first-order valence-electron chi connectivity index (χ1n) is 6.84. The van der Waals surface area contributed by atoms with Gasteiger partial charge in [0, 0.05) is 11.1 Å². The molecule has 0 saturated carbocycles. The standard InChI is InChI=1S/C15H16Cl2N4O/c1-3-9(2)20-15(22)13-7-19-14(8-18-13)21-12-5-4-10(16)6-11(12)17/h4-9H,3H2,1-2H3,(H,19,21)(H,20,22). The summed E-state index contributed by atoms with van der Waals surface area (Å²) in [6.45, 7) is 3.93. The van der Waals surface area contributed by atoms with Gasteiger partial charge in [-0.25, -0.2) is 9.97 Å². The van der Waals surface area contributed by atoms with Crippen LogP contribution in [-0.2, 0) is 0 Å². The Morgan fingerprint density at radius 3 is 2.64 bits per heavy atom. The molecule has 0 fully saturated rings. The van der Waals surface area contributed by atoms with Crippen molar-refractivity contribution in [3.8, 4) is 0 Å². The number of halogens is 2. The molecule has 22 heavy (non-hydrogen) atoms. The van der Waals surface area contributed by atoms with Crippen LogP contribution in [-0.4, -0.2) is 21.9 Å². The van der Waals surface area contributed by atoms with Crippen LogP contribution in [0.15, 0.2) is 30.6 Å². The molecule has 7 heteroatoms. The normalized spacial score (nSPS) is 11.8. The van der Waals surface area contributed by atoms with Gasteiger partial charge in [-0.15, -0.1) is 0 Å². The lowest BCUT2D eigenvalue weighted by atomic mass is 10.2. The van der Waals surface area contributed by atoms with Gasteiger partial charge in [-0.1, -0.05) is 30.1 Å². The molecule has 1 amide bonds. The van der Waals surface area contributed by atoms with Crippen molar-refractivity contribution >= 4 is 40.6 Å². The predicted molar refractivity (Wildman–Crippen MR) is 89.0 cm³/mol. The Kier molecular flexibility index (Phi) is 5.57.